The summed E-state index contributed by atoms with van der Waals surface area (Å²) in [7, 11) is 1.69. The molecule has 7 heteroatoms. The average molecular weight is 249 g/mol. The zero-order valence-electron chi connectivity index (χ0n) is 9.40. The SMILES string of the molecule is CSc1cccc(C(=NO)c2nnnn2C)c1. The highest BCUT2D eigenvalue weighted by Crippen LogP contribution is 2.17. The number of aryl methyl sites for hydroxylation is 1. The highest BCUT2D eigenvalue weighted by Gasteiger charge is 2.14. The lowest BCUT2D eigenvalue weighted by atomic mass is 10.1. The van der Waals surface area contributed by atoms with Gasteiger partial charge in [-0.05, 0) is 28.8 Å². The first-order valence-corrected chi connectivity index (χ1v) is 6.08. The van der Waals surface area contributed by atoms with Crippen LogP contribution in [0.2, 0.25) is 0 Å². The summed E-state index contributed by atoms with van der Waals surface area (Å²) in [6.45, 7) is 0. The van der Waals surface area contributed by atoms with Crippen molar-refractivity contribution in [2.45, 2.75) is 4.90 Å². The molecule has 1 aromatic carbocycles. The molecule has 0 saturated heterocycles. The number of tetrazole rings is 1. The molecule has 88 valence electrons. The quantitative estimate of drug-likeness (QED) is 0.382. The van der Waals surface area contributed by atoms with Crippen LogP contribution in [0, 0.1) is 0 Å². The molecule has 6 nitrogen and oxygen atoms in total. The fourth-order valence-electron chi connectivity index (χ4n) is 1.43. The molecule has 0 saturated carbocycles. The Balaban J connectivity index is 2.47. The normalized spacial score (nSPS) is 11.8. The van der Waals surface area contributed by atoms with E-state index in [0.717, 1.165) is 10.5 Å². The van der Waals surface area contributed by atoms with Crippen molar-refractivity contribution in [3.05, 3.63) is 35.7 Å². The highest BCUT2D eigenvalue weighted by atomic mass is 32.2. The maximum Gasteiger partial charge on any atom is 0.204 e. The van der Waals surface area contributed by atoms with E-state index in [4.69, 9.17) is 5.21 Å². The van der Waals surface area contributed by atoms with Crippen molar-refractivity contribution in [1.29, 1.82) is 0 Å². The van der Waals surface area contributed by atoms with E-state index in [1.165, 1.54) is 4.68 Å². The Morgan fingerprint density at radius 3 is 2.88 bits per heavy atom. The second kappa shape index (κ2) is 4.96. The first-order valence-electron chi connectivity index (χ1n) is 4.85. The molecule has 0 bridgehead atoms. The molecule has 0 aliphatic rings. The summed E-state index contributed by atoms with van der Waals surface area (Å²) in [5.74, 6) is 0.422. The van der Waals surface area contributed by atoms with E-state index in [1.807, 2.05) is 30.5 Å². The number of aromatic nitrogens is 4. The molecule has 0 aliphatic heterocycles. The Kier molecular flexibility index (Phi) is 3.38. The number of hydrogen-bond acceptors (Lipinski definition) is 6. The summed E-state index contributed by atoms with van der Waals surface area (Å²) < 4.78 is 1.46. The topological polar surface area (TPSA) is 76.2 Å². The van der Waals surface area contributed by atoms with Gasteiger partial charge < -0.3 is 5.21 Å². The number of thioether (sulfide) groups is 1. The van der Waals surface area contributed by atoms with Gasteiger partial charge in [-0.3, -0.25) is 0 Å². The van der Waals surface area contributed by atoms with Gasteiger partial charge in [-0.15, -0.1) is 16.9 Å². The van der Waals surface area contributed by atoms with Crippen molar-refractivity contribution in [2.75, 3.05) is 6.26 Å². The lowest BCUT2D eigenvalue weighted by molar-refractivity contribution is 0.319. The van der Waals surface area contributed by atoms with Crippen molar-refractivity contribution in [2.24, 2.45) is 12.2 Å². The molecule has 1 N–H and O–H groups in total. The summed E-state index contributed by atoms with van der Waals surface area (Å²) in [6, 6.07) is 7.66. The third-order valence-electron chi connectivity index (χ3n) is 2.28. The fraction of sp³-hybridized carbons (Fsp3) is 0.200. The minimum atomic E-state index is 0.355. The Morgan fingerprint density at radius 1 is 1.47 bits per heavy atom. The number of rotatable bonds is 3. The van der Waals surface area contributed by atoms with E-state index >= 15 is 0 Å². The highest BCUT2D eigenvalue weighted by molar-refractivity contribution is 7.98. The van der Waals surface area contributed by atoms with Gasteiger partial charge in [0.1, 0.15) is 0 Å². The van der Waals surface area contributed by atoms with Crippen LogP contribution in [0.1, 0.15) is 11.4 Å². The van der Waals surface area contributed by atoms with Crippen LogP contribution in [-0.2, 0) is 7.05 Å². The van der Waals surface area contributed by atoms with Gasteiger partial charge in [0, 0.05) is 17.5 Å². The largest absolute Gasteiger partial charge is 0.410 e. The molecule has 0 aliphatic carbocycles. The lowest BCUT2D eigenvalue weighted by Gasteiger charge is -2.04. The van der Waals surface area contributed by atoms with Crippen LogP contribution in [0.15, 0.2) is 34.3 Å². The molecular formula is C10H11N5OS. The van der Waals surface area contributed by atoms with E-state index in [0.29, 0.717) is 11.5 Å². The van der Waals surface area contributed by atoms with E-state index < -0.39 is 0 Å². The van der Waals surface area contributed by atoms with Crippen molar-refractivity contribution >= 4 is 17.5 Å². The molecule has 0 spiro atoms. The van der Waals surface area contributed by atoms with Gasteiger partial charge in [0.2, 0.25) is 5.82 Å². The molecule has 17 heavy (non-hydrogen) atoms. The molecule has 1 heterocycles. The maximum atomic E-state index is 9.11. The minimum absolute atomic E-state index is 0.355. The zero-order chi connectivity index (χ0) is 12.3. The smallest absolute Gasteiger partial charge is 0.204 e. The van der Waals surface area contributed by atoms with E-state index in [2.05, 4.69) is 20.7 Å². The summed E-state index contributed by atoms with van der Waals surface area (Å²) in [5, 5.41) is 23.5. The van der Waals surface area contributed by atoms with Crippen LogP contribution in [0.4, 0.5) is 0 Å². The summed E-state index contributed by atoms with van der Waals surface area (Å²) in [5.41, 5.74) is 1.13. The predicted molar refractivity (Wildman–Crippen MR) is 64.4 cm³/mol. The number of hydrogen-bond donors (Lipinski definition) is 1. The second-order valence-corrected chi connectivity index (χ2v) is 4.19. The third kappa shape index (κ3) is 2.28. The Morgan fingerprint density at radius 2 is 2.29 bits per heavy atom. The standard InChI is InChI=1S/C10H11N5OS/c1-15-10(11-13-14-15)9(12-16)7-4-3-5-8(6-7)17-2/h3-6,16H,1-2H3. The molecule has 2 rings (SSSR count). The van der Waals surface area contributed by atoms with Gasteiger partial charge in [0.25, 0.3) is 0 Å². The van der Waals surface area contributed by atoms with E-state index in [9.17, 15) is 0 Å². The third-order valence-corrected chi connectivity index (χ3v) is 3.00. The van der Waals surface area contributed by atoms with E-state index in [1.54, 1.807) is 18.8 Å². The minimum Gasteiger partial charge on any atom is -0.410 e. The average Bonchev–Trinajstić information content (AvgIpc) is 2.77. The maximum absolute atomic E-state index is 9.11. The second-order valence-electron chi connectivity index (χ2n) is 3.31. The molecule has 0 amide bonds. The first kappa shape index (κ1) is 11.6. The molecule has 2 aromatic rings. The monoisotopic (exact) mass is 249 g/mol. The Hall–Kier alpha value is -1.89. The van der Waals surface area contributed by atoms with Gasteiger partial charge in [0.15, 0.2) is 5.71 Å². The fourth-order valence-corrected chi connectivity index (χ4v) is 1.89. The number of benzene rings is 1. The summed E-state index contributed by atoms with van der Waals surface area (Å²) in [4.78, 5) is 1.08. The molecule has 0 radical (unpaired) electrons. The van der Waals surface area contributed by atoms with Crippen LogP contribution in [0.25, 0.3) is 0 Å². The van der Waals surface area contributed by atoms with Gasteiger partial charge in [0.05, 0.1) is 0 Å². The van der Waals surface area contributed by atoms with E-state index in [-0.39, 0.29) is 0 Å². The lowest BCUT2D eigenvalue weighted by Crippen LogP contribution is -2.11. The van der Waals surface area contributed by atoms with Crippen molar-refractivity contribution in [3.63, 3.8) is 0 Å². The van der Waals surface area contributed by atoms with Crippen molar-refractivity contribution in [1.82, 2.24) is 20.2 Å². The van der Waals surface area contributed by atoms with Crippen LogP contribution < -0.4 is 0 Å². The summed E-state index contributed by atoms with van der Waals surface area (Å²) in [6.07, 6.45) is 1.98. The Labute approximate surface area is 102 Å². The predicted octanol–water partition coefficient (Wildman–Crippen LogP) is 1.16. The van der Waals surface area contributed by atoms with Gasteiger partial charge in [-0.1, -0.05) is 17.3 Å². The first-order chi connectivity index (χ1) is 8.26. The van der Waals surface area contributed by atoms with Crippen molar-refractivity contribution in [3.8, 4) is 0 Å². The molecule has 0 fully saturated rings. The van der Waals surface area contributed by atoms with Crippen LogP contribution in [0.5, 0.6) is 0 Å². The zero-order valence-corrected chi connectivity index (χ0v) is 10.2. The van der Waals surface area contributed by atoms with Crippen LogP contribution in [0.3, 0.4) is 0 Å². The van der Waals surface area contributed by atoms with Crippen molar-refractivity contribution < 1.29 is 5.21 Å². The van der Waals surface area contributed by atoms with Gasteiger partial charge >= 0.3 is 0 Å². The van der Waals surface area contributed by atoms with Crippen LogP contribution >= 0.6 is 11.8 Å². The molecular weight excluding hydrogens is 238 g/mol. The molecule has 1 aromatic heterocycles. The van der Waals surface area contributed by atoms with Gasteiger partial charge in [-0.25, -0.2) is 4.68 Å². The van der Waals surface area contributed by atoms with Crippen LogP contribution in [-0.4, -0.2) is 37.4 Å². The molecule has 0 atom stereocenters. The Bertz CT molecular complexity index is 551. The van der Waals surface area contributed by atoms with Gasteiger partial charge in [-0.2, -0.15) is 0 Å². The summed E-state index contributed by atoms with van der Waals surface area (Å²) >= 11 is 1.62. The number of nitrogens with zero attached hydrogens (tertiary/aromatic N) is 5. The molecule has 0 unspecified atom stereocenters. The number of oxime groups is 1.